The van der Waals surface area contributed by atoms with Crippen molar-refractivity contribution in [2.75, 3.05) is 6.54 Å². The summed E-state index contributed by atoms with van der Waals surface area (Å²) >= 11 is 5.65. The molecule has 0 aliphatic carbocycles. The van der Waals surface area contributed by atoms with Crippen LogP contribution in [-0.2, 0) is 0 Å². The van der Waals surface area contributed by atoms with Crippen LogP contribution in [0.25, 0.3) is 0 Å². The highest BCUT2D eigenvalue weighted by molar-refractivity contribution is 6.32. The van der Waals surface area contributed by atoms with E-state index >= 15 is 0 Å². The Balaban J connectivity index is 2.41. The van der Waals surface area contributed by atoms with Crippen molar-refractivity contribution in [3.8, 4) is 0 Å². The Labute approximate surface area is 79.7 Å². The van der Waals surface area contributed by atoms with Gasteiger partial charge in [0.05, 0.1) is 4.92 Å². The first-order valence-corrected chi connectivity index (χ1v) is 4.23. The van der Waals surface area contributed by atoms with E-state index in [1.54, 1.807) is 12.1 Å². The van der Waals surface area contributed by atoms with E-state index in [9.17, 15) is 10.1 Å². The van der Waals surface area contributed by atoms with Crippen LogP contribution in [0, 0.1) is 10.1 Å². The number of hydrogen-bond donors (Lipinski definition) is 1. The Hall–Kier alpha value is -1.13. The number of benzene rings is 1. The quantitative estimate of drug-likeness (QED) is 0.448. The van der Waals surface area contributed by atoms with Crippen LogP contribution < -0.4 is 5.32 Å². The third kappa shape index (κ3) is 1.64. The summed E-state index contributed by atoms with van der Waals surface area (Å²) in [5, 5.41) is 13.8. The maximum Gasteiger partial charge on any atom is 0.288 e. The number of halogens is 1. The molecule has 0 unspecified atom stereocenters. The van der Waals surface area contributed by atoms with Crippen molar-refractivity contribution in [3.63, 3.8) is 0 Å². The van der Waals surface area contributed by atoms with Crippen molar-refractivity contribution in [1.82, 2.24) is 5.32 Å². The monoisotopic (exact) mass is 198 g/mol. The van der Waals surface area contributed by atoms with Gasteiger partial charge in [0, 0.05) is 18.7 Å². The molecule has 0 aromatic heterocycles. The number of nitrogens with zero attached hydrogens (tertiary/aromatic N) is 1. The highest BCUT2D eigenvalue weighted by Crippen LogP contribution is 2.30. The van der Waals surface area contributed by atoms with Crippen LogP contribution in [0.5, 0.6) is 0 Å². The molecule has 1 fully saturated rings. The molecule has 1 aromatic carbocycles. The van der Waals surface area contributed by atoms with Crippen molar-refractivity contribution < 1.29 is 4.92 Å². The Morgan fingerprint density at radius 2 is 2.31 bits per heavy atom. The lowest BCUT2D eigenvalue weighted by Gasteiger charge is -1.98. The molecule has 1 heterocycles. The fourth-order valence-corrected chi connectivity index (χ4v) is 1.37. The largest absolute Gasteiger partial charge is 0.307 e. The number of nitrogens with one attached hydrogen (secondary N) is 1. The average molecular weight is 199 g/mol. The van der Waals surface area contributed by atoms with E-state index in [0.29, 0.717) is 0 Å². The third-order valence-corrected chi connectivity index (χ3v) is 2.30. The first kappa shape index (κ1) is 8.47. The molecular formula is C8H7ClN2O2. The first-order chi connectivity index (χ1) is 6.18. The molecule has 4 nitrogen and oxygen atoms in total. The molecule has 0 radical (unpaired) electrons. The maximum atomic E-state index is 10.5. The Kier molecular flexibility index (Phi) is 1.94. The van der Waals surface area contributed by atoms with Crippen molar-refractivity contribution in [2.24, 2.45) is 0 Å². The van der Waals surface area contributed by atoms with Gasteiger partial charge in [-0.3, -0.25) is 10.1 Å². The lowest BCUT2D eigenvalue weighted by Crippen LogP contribution is -1.92. The highest BCUT2D eigenvalue weighted by Gasteiger charge is 2.24. The fraction of sp³-hybridized carbons (Fsp3) is 0.250. The zero-order chi connectivity index (χ0) is 9.42. The number of rotatable bonds is 2. The van der Waals surface area contributed by atoms with Crippen LogP contribution in [0.1, 0.15) is 11.6 Å². The van der Waals surface area contributed by atoms with Gasteiger partial charge in [-0.25, -0.2) is 0 Å². The summed E-state index contributed by atoms with van der Waals surface area (Å²) in [6.07, 6.45) is 0. The van der Waals surface area contributed by atoms with Gasteiger partial charge in [0.1, 0.15) is 5.02 Å². The van der Waals surface area contributed by atoms with Gasteiger partial charge < -0.3 is 5.32 Å². The molecule has 1 aliphatic rings. The normalized spacial score (nSPS) is 19.9. The van der Waals surface area contributed by atoms with Crippen molar-refractivity contribution in [3.05, 3.63) is 38.9 Å². The second-order valence-electron chi connectivity index (χ2n) is 2.93. The van der Waals surface area contributed by atoms with Gasteiger partial charge in [-0.1, -0.05) is 17.7 Å². The summed E-state index contributed by atoms with van der Waals surface area (Å²) < 4.78 is 0. The predicted octanol–water partition coefficient (Wildman–Crippen LogP) is 1.89. The van der Waals surface area contributed by atoms with Crippen molar-refractivity contribution in [1.29, 1.82) is 0 Å². The van der Waals surface area contributed by atoms with Gasteiger partial charge in [-0.15, -0.1) is 0 Å². The van der Waals surface area contributed by atoms with Gasteiger partial charge in [-0.05, 0) is 11.6 Å². The number of hydrogen-bond acceptors (Lipinski definition) is 3. The third-order valence-electron chi connectivity index (χ3n) is 1.98. The van der Waals surface area contributed by atoms with E-state index in [1.807, 2.05) is 0 Å². The summed E-state index contributed by atoms with van der Waals surface area (Å²) in [7, 11) is 0. The zero-order valence-corrected chi connectivity index (χ0v) is 7.41. The van der Waals surface area contributed by atoms with Crippen molar-refractivity contribution in [2.45, 2.75) is 6.04 Å². The lowest BCUT2D eigenvalue weighted by molar-refractivity contribution is -0.384. The van der Waals surface area contributed by atoms with E-state index in [0.717, 1.165) is 12.1 Å². The van der Waals surface area contributed by atoms with Crippen LogP contribution in [-0.4, -0.2) is 11.5 Å². The summed E-state index contributed by atoms with van der Waals surface area (Å²) in [4.78, 5) is 10.1. The van der Waals surface area contributed by atoms with Gasteiger partial charge in [0.25, 0.3) is 5.69 Å². The molecule has 5 heteroatoms. The topological polar surface area (TPSA) is 65.1 Å². The molecule has 1 aliphatic heterocycles. The molecule has 13 heavy (non-hydrogen) atoms. The minimum Gasteiger partial charge on any atom is -0.307 e. The fourth-order valence-electron chi connectivity index (χ4n) is 1.18. The molecular weight excluding hydrogens is 192 g/mol. The van der Waals surface area contributed by atoms with Crippen molar-refractivity contribution >= 4 is 17.3 Å². The van der Waals surface area contributed by atoms with Crippen LogP contribution in [0.4, 0.5) is 5.69 Å². The van der Waals surface area contributed by atoms with Gasteiger partial charge in [0.2, 0.25) is 0 Å². The van der Waals surface area contributed by atoms with Crippen LogP contribution in [0.2, 0.25) is 5.02 Å². The zero-order valence-electron chi connectivity index (χ0n) is 6.66. The molecule has 1 atom stereocenters. The summed E-state index contributed by atoms with van der Waals surface area (Å²) in [6, 6.07) is 5.16. The second-order valence-corrected chi connectivity index (χ2v) is 3.34. The number of nitro groups is 1. The first-order valence-electron chi connectivity index (χ1n) is 3.85. The Morgan fingerprint density at radius 1 is 1.62 bits per heavy atom. The molecule has 0 saturated carbocycles. The van der Waals surface area contributed by atoms with E-state index in [-0.39, 0.29) is 16.8 Å². The number of nitro benzene ring substituents is 1. The van der Waals surface area contributed by atoms with Gasteiger partial charge in [0.15, 0.2) is 0 Å². The Morgan fingerprint density at radius 3 is 2.85 bits per heavy atom. The van der Waals surface area contributed by atoms with E-state index in [2.05, 4.69) is 5.32 Å². The molecule has 1 saturated heterocycles. The van der Waals surface area contributed by atoms with E-state index in [4.69, 9.17) is 11.6 Å². The van der Waals surface area contributed by atoms with E-state index < -0.39 is 4.92 Å². The van der Waals surface area contributed by atoms with Gasteiger partial charge in [-0.2, -0.15) is 0 Å². The smallest absolute Gasteiger partial charge is 0.288 e. The van der Waals surface area contributed by atoms with Gasteiger partial charge >= 0.3 is 0 Å². The summed E-state index contributed by atoms with van der Waals surface area (Å²) in [5.41, 5.74) is 0.906. The highest BCUT2D eigenvalue weighted by atomic mass is 35.5. The van der Waals surface area contributed by atoms with Crippen LogP contribution >= 0.6 is 11.6 Å². The minimum absolute atomic E-state index is 0.0205. The molecule has 1 aromatic rings. The second kappa shape index (κ2) is 2.97. The van der Waals surface area contributed by atoms with E-state index in [1.165, 1.54) is 6.07 Å². The predicted molar refractivity (Wildman–Crippen MR) is 48.9 cm³/mol. The summed E-state index contributed by atoms with van der Waals surface area (Å²) in [6.45, 7) is 0.888. The minimum atomic E-state index is -0.464. The molecule has 0 bridgehead atoms. The molecule has 0 spiro atoms. The standard InChI is InChI=1S/C8H7ClN2O2/c9-6-2-1-5(7-4-10-7)3-8(6)11(12)13/h1-3,7,10H,4H2/t7-/m1/s1. The lowest BCUT2D eigenvalue weighted by atomic mass is 10.1. The average Bonchev–Trinajstić information content (AvgIpc) is 2.87. The SMILES string of the molecule is O=[N+]([O-])c1cc([C@H]2CN2)ccc1Cl. The van der Waals surface area contributed by atoms with Crippen LogP contribution in [0.15, 0.2) is 18.2 Å². The molecule has 1 N–H and O–H groups in total. The van der Waals surface area contributed by atoms with Crippen LogP contribution in [0.3, 0.4) is 0 Å². The molecule has 68 valence electrons. The molecule has 2 rings (SSSR count). The maximum absolute atomic E-state index is 10.5. The Bertz CT molecular complexity index is 363. The summed E-state index contributed by atoms with van der Waals surface area (Å²) in [5.74, 6) is 0. The molecule has 0 amide bonds.